The Morgan fingerprint density at radius 2 is 1.58 bits per heavy atom. The first-order valence-corrected chi connectivity index (χ1v) is 12.5. The molecule has 2 fully saturated rings. The molecule has 1 aromatic rings. The van der Waals surface area contributed by atoms with E-state index in [9.17, 15) is 14.4 Å². The maximum Gasteiger partial charge on any atom is 0.254 e. The van der Waals surface area contributed by atoms with Crippen molar-refractivity contribution in [3.63, 3.8) is 0 Å². The molecule has 31 heavy (non-hydrogen) atoms. The average molecular weight is 446 g/mol. The number of nitrogens with one attached hydrogen (secondary N) is 2. The lowest BCUT2D eigenvalue weighted by Crippen LogP contribution is -2.41. The Labute approximate surface area is 189 Å². The van der Waals surface area contributed by atoms with Crippen molar-refractivity contribution in [1.82, 2.24) is 15.5 Å². The van der Waals surface area contributed by atoms with Crippen molar-refractivity contribution >= 4 is 29.5 Å². The van der Waals surface area contributed by atoms with Gasteiger partial charge in [0, 0.05) is 38.0 Å². The van der Waals surface area contributed by atoms with E-state index >= 15 is 0 Å². The van der Waals surface area contributed by atoms with Crippen molar-refractivity contribution in [2.75, 3.05) is 31.9 Å². The Hall–Kier alpha value is -2.02. The van der Waals surface area contributed by atoms with E-state index in [-0.39, 0.29) is 17.7 Å². The lowest BCUT2D eigenvalue weighted by atomic mass is 9.89. The molecule has 1 saturated carbocycles. The van der Waals surface area contributed by atoms with Crippen LogP contribution in [0.25, 0.3) is 0 Å². The van der Waals surface area contributed by atoms with Crippen LogP contribution in [0.3, 0.4) is 0 Å². The minimum absolute atomic E-state index is 0.00719. The number of hydrogen-bond donors (Lipinski definition) is 2. The van der Waals surface area contributed by atoms with Crippen molar-refractivity contribution in [3.8, 4) is 0 Å². The van der Waals surface area contributed by atoms with Gasteiger partial charge >= 0.3 is 0 Å². The average Bonchev–Trinajstić information content (AvgIpc) is 2.81. The lowest BCUT2D eigenvalue weighted by Gasteiger charge is -2.32. The van der Waals surface area contributed by atoms with E-state index in [1.807, 2.05) is 29.2 Å². The Bertz CT molecular complexity index is 756. The van der Waals surface area contributed by atoms with E-state index in [2.05, 4.69) is 10.6 Å². The molecule has 1 saturated heterocycles. The Balaban J connectivity index is 1.47. The summed E-state index contributed by atoms with van der Waals surface area (Å²) in [4.78, 5) is 39.3. The van der Waals surface area contributed by atoms with E-state index < -0.39 is 0 Å². The number of piperidine rings is 1. The molecule has 2 N–H and O–H groups in total. The summed E-state index contributed by atoms with van der Waals surface area (Å²) in [6.07, 6.45) is 8.08. The molecule has 1 aliphatic carbocycles. The van der Waals surface area contributed by atoms with Crippen molar-refractivity contribution in [2.45, 2.75) is 56.8 Å². The predicted octanol–water partition coefficient (Wildman–Crippen LogP) is 3.46. The van der Waals surface area contributed by atoms with Gasteiger partial charge in [0.2, 0.25) is 11.8 Å². The minimum atomic E-state index is -0.00719. The Morgan fingerprint density at radius 1 is 0.935 bits per heavy atom. The number of rotatable bonds is 8. The molecule has 1 aliphatic heterocycles. The summed E-state index contributed by atoms with van der Waals surface area (Å²) in [7, 11) is 0. The highest BCUT2D eigenvalue weighted by molar-refractivity contribution is 8.00. The summed E-state index contributed by atoms with van der Waals surface area (Å²) < 4.78 is 0. The first kappa shape index (κ1) is 23.6. The minimum Gasteiger partial charge on any atom is -0.356 e. The maximum atomic E-state index is 13.1. The molecule has 3 amide bonds. The summed E-state index contributed by atoms with van der Waals surface area (Å²) in [5.74, 6) is 1.43. The molecule has 0 aromatic heterocycles. The monoisotopic (exact) mass is 445 g/mol. The fourth-order valence-electron chi connectivity index (χ4n) is 4.41. The second-order valence-corrected chi connectivity index (χ2v) is 9.78. The van der Waals surface area contributed by atoms with E-state index in [0.29, 0.717) is 42.8 Å². The van der Waals surface area contributed by atoms with Gasteiger partial charge in [-0.3, -0.25) is 14.4 Å². The van der Waals surface area contributed by atoms with Crippen LogP contribution in [0, 0.1) is 11.8 Å². The summed E-state index contributed by atoms with van der Waals surface area (Å²) in [6.45, 7) is 4.38. The smallest absolute Gasteiger partial charge is 0.254 e. The second-order valence-electron chi connectivity index (χ2n) is 8.77. The summed E-state index contributed by atoms with van der Waals surface area (Å²) in [5, 5.41) is 5.95. The van der Waals surface area contributed by atoms with Crippen LogP contribution in [0.2, 0.25) is 0 Å². The van der Waals surface area contributed by atoms with Crippen molar-refractivity contribution in [1.29, 1.82) is 0 Å². The van der Waals surface area contributed by atoms with E-state index in [1.165, 1.54) is 50.8 Å². The van der Waals surface area contributed by atoms with Gasteiger partial charge in [-0.25, -0.2) is 0 Å². The molecule has 0 unspecified atom stereocenters. The zero-order valence-electron chi connectivity index (χ0n) is 18.5. The fraction of sp³-hybridized carbons (Fsp3) is 0.625. The van der Waals surface area contributed by atoms with Crippen molar-refractivity contribution in [3.05, 3.63) is 29.8 Å². The molecule has 1 aromatic carbocycles. The van der Waals surface area contributed by atoms with Crippen LogP contribution < -0.4 is 10.6 Å². The highest BCUT2D eigenvalue weighted by atomic mass is 32.2. The Kier molecular flexibility index (Phi) is 9.25. The third kappa shape index (κ3) is 7.56. The number of nitrogens with zero attached hydrogens (tertiary/aromatic N) is 1. The summed E-state index contributed by atoms with van der Waals surface area (Å²) in [6, 6.07) is 7.58. The van der Waals surface area contributed by atoms with E-state index in [0.717, 1.165) is 24.3 Å². The molecule has 3 rings (SSSR count). The largest absolute Gasteiger partial charge is 0.356 e. The quantitative estimate of drug-likeness (QED) is 0.601. The molecule has 0 atom stereocenters. The molecule has 0 spiro atoms. The topological polar surface area (TPSA) is 78.5 Å². The zero-order chi connectivity index (χ0) is 22.1. The maximum absolute atomic E-state index is 13.1. The van der Waals surface area contributed by atoms with Crippen LogP contribution in [0.15, 0.2) is 29.2 Å². The highest BCUT2D eigenvalue weighted by Crippen LogP contribution is 2.26. The molecule has 0 radical (unpaired) electrons. The van der Waals surface area contributed by atoms with Crippen molar-refractivity contribution < 1.29 is 14.4 Å². The van der Waals surface area contributed by atoms with E-state index in [1.54, 1.807) is 0 Å². The molecular formula is C24H35N3O3S. The van der Waals surface area contributed by atoms with Gasteiger partial charge in [-0.1, -0.05) is 31.4 Å². The Morgan fingerprint density at radius 3 is 2.29 bits per heavy atom. The zero-order valence-corrected chi connectivity index (χ0v) is 19.3. The normalized spacial score (nSPS) is 17.9. The standard InChI is InChI=1S/C24H35N3O3S/c1-18(28)25-15-20-11-13-27(14-12-20)24(30)21-9-5-6-10-22(21)31-17-23(29)26-16-19-7-3-2-4-8-19/h5-6,9-10,19-20H,2-4,7-8,11-17H2,1H3,(H,25,28)(H,26,29). The SMILES string of the molecule is CC(=O)NCC1CCN(C(=O)c2ccccc2SCC(=O)NCC2CCCCC2)CC1. The molecule has 170 valence electrons. The van der Waals surface area contributed by atoms with Gasteiger partial charge in [-0.05, 0) is 49.7 Å². The molecule has 7 heteroatoms. The van der Waals surface area contributed by atoms with Gasteiger partial charge in [0.1, 0.15) is 0 Å². The molecule has 1 heterocycles. The predicted molar refractivity (Wildman–Crippen MR) is 124 cm³/mol. The number of hydrogen-bond acceptors (Lipinski definition) is 4. The summed E-state index contributed by atoms with van der Waals surface area (Å²) >= 11 is 1.44. The first-order valence-electron chi connectivity index (χ1n) is 11.5. The number of thioether (sulfide) groups is 1. The van der Waals surface area contributed by atoms with Crippen molar-refractivity contribution in [2.24, 2.45) is 11.8 Å². The van der Waals surface area contributed by atoms with Gasteiger partial charge in [0.15, 0.2) is 0 Å². The number of amides is 3. The number of likely N-dealkylation sites (tertiary alicyclic amines) is 1. The van der Waals surface area contributed by atoms with Gasteiger partial charge in [0.05, 0.1) is 11.3 Å². The number of carbonyl (C=O) groups excluding carboxylic acids is 3. The van der Waals surface area contributed by atoms with Crippen LogP contribution >= 0.6 is 11.8 Å². The van der Waals surface area contributed by atoms with Crippen LogP contribution in [0.1, 0.15) is 62.2 Å². The van der Waals surface area contributed by atoms with Gasteiger partial charge in [-0.15, -0.1) is 11.8 Å². The molecule has 6 nitrogen and oxygen atoms in total. The first-order chi connectivity index (χ1) is 15.0. The third-order valence-electron chi connectivity index (χ3n) is 6.33. The fourth-order valence-corrected chi connectivity index (χ4v) is 5.29. The van der Waals surface area contributed by atoms with Gasteiger partial charge < -0.3 is 15.5 Å². The lowest BCUT2D eigenvalue weighted by molar-refractivity contribution is -0.119. The van der Waals surface area contributed by atoms with Crippen LogP contribution in [0.5, 0.6) is 0 Å². The van der Waals surface area contributed by atoms with Crippen LogP contribution in [-0.4, -0.2) is 54.6 Å². The van der Waals surface area contributed by atoms with Gasteiger partial charge in [-0.2, -0.15) is 0 Å². The molecular weight excluding hydrogens is 410 g/mol. The summed E-state index contributed by atoms with van der Waals surface area (Å²) in [5.41, 5.74) is 0.674. The van der Waals surface area contributed by atoms with E-state index in [4.69, 9.17) is 0 Å². The van der Waals surface area contributed by atoms with Crippen LogP contribution in [0.4, 0.5) is 0 Å². The molecule has 2 aliphatic rings. The highest BCUT2D eigenvalue weighted by Gasteiger charge is 2.25. The molecule has 0 bridgehead atoms. The number of carbonyl (C=O) groups is 3. The van der Waals surface area contributed by atoms with Crippen LogP contribution in [-0.2, 0) is 9.59 Å². The van der Waals surface area contributed by atoms with Gasteiger partial charge in [0.25, 0.3) is 5.91 Å². The second kappa shape index (κ2) is 12.1. The third-order valence-corrected chi connectivity index (χ3v) is 7.40. The number of benzene rings is 1.